The van der Waals surface area contributed by atoms with E-state index in [4.69, 9.17) is 9.47 Å². The number of carbonyl (C=O) groups excluding carboxylic acids is 3. The molecule has 5 rings (SSSR count). The summed E-state index contributed by atoms with van der Waals surface area (Å²) >= 11 is 0. The number of para-hydroxylation sites is 1. The molecule has 2 N–H and O–H groups in total. The third kappa shape index (κ3) is 3.32. The minimum absolute atomic E-state index is 0.0578. The molecule has 198 valence electrons. The predicted octanol–water partition coefficient (Wildman–Crippen LogP) is 4.32. The van der Waals surface area contributed by atoms with Crippen LogP contribution in [0.3, 0.4) is 0 Å². The zero-order chi connectivity index (χ0) is 27.1. The first-order valence-corrected chi connectivity index (χ1v) is 13.1. The molecule has 4 aliphatic carbocycles. The first-order valence-electron chi connectivity index (χ1n) is 13.1. The Bertz CT molecular complexity index is 1250. The number of carbonyl (C=O) groups is 3. The Kier molecular flexibility index (Phi) is 5.76. The van der Waals surface area contributed by atoms with Gasteiger partial charge in [0, 0.05) is 54.7 Å². The second-order valence-electron chi connectivity index (χ2n) is 12.0. The predicted molar refractivity (Wildman–Crippen MR) is 139 cm³/mol. The van der Waals surface area contributed by atoms with Crippen molar-refractivity contribution in [1.29, 1.82) is 0 Å². The molecular weight excluding hydrogens is 470 g/mol. The number of benzene rings is 1. The Morgan fingerprint density at radius 1 is 1.11 bits per heavy atom. The summed E-state index contributed by atoms with van der Waals surface area (Å²) in [6.45, 7) is 11.0. The summed E-state index contributed by atoms with van der Waals surface area (Å²) in [4.78, 5) is 39.2. The lowest BCUT2D eigenvalue weighted by Gasteiger charge is -2.52. The van der Waals surface area contributed by atoms with E-state index in [9.17, 15) is 19.5 Å². The van der Waals surface area contributed by atoms with Crippen molar-refractivity contribution < 1.29 is 29.0 Å². The lowest BCUT2D eigenvalue weighted by molar-refractivity contribution is -0.207. The van der Waals surface area contributed by atoms with Crippen LogP contribution in [0.25, 0.3) is 0 Å². The van der Waals surface area contributed by atoms with E-state index in [1.165, 1.54) is 6.92 Å². The number of esters is 2. The van der Waals surface area contributed by atoms with Gasteiger partial charge < -0.3 is 19.9 Å². The monoisotopic (exact) mass is 507 g/mol. The second-order valence-corrected chi connectivity index (χ2v) is 12.0. The van der Waals surface area contributed by atoms with Crippen molar-refractivity contribution in [2.75, 3.05) is 12.4 Å². The van der Waals surface area contributed by atoms with E-state index in [1.54, 1.807) is 32.2 Å². The van der Waals surface area contributed by atoms with Crippen LogP contribution in [0.5, 0.6) is 0 Å². The van der Waals surface area contributed by atoms with Crippen LogP contribution in [0.2, 0.25) is 0 Å². The number of ether oxygens (including phenoxy) is 2. The summed E-state index contributed by atoms with van der Waals surface area (Å²) in [6, 6.07) is 7.06. The highest BCUT2D eigenvalue weighted by Crippen LogP contribution is 2.77. The van der Waals surface area contributed by atoms with Crippen molar-refractivity contribution in [2.45, 2.75) is 65.3 Å². The molecule has 0 radical (unpaired) electrons. The maximum absolute atomic E-state index is 13.6. The fraction of sp³-hybridized carbons (Fsp3) is 0.567. The van der Waals surface area contributed by atoms with Crippen LogP contribution in [-0.2, 0) is 19.1 Å². The number of Topliss-reactive ketones (excluding diaryl/α,β-unsaturated/α-hetero) is 1. The lowest BCUT2D eigenvalue weighted by atomic mass is 9.60. The fourth-order valence-corrected chi connectivity index (χ4v) is 8.05. The Balaban J connectivity index is 1.66. The average Bonchev–Trinajstić information content (AvgIpc) is 3.23. The van der Waals surface area contributed by atoms with Crippen molar-refractivity contribution in [3.8, 4) is 0 Å². The largest absolute Gasteiger partial charge is 0.454 e. The molecule has 2 saturated carbocycles. The lowest BCUT2D eigenvalue weighted by Crippen LogP contribution is -2.63. The Morgan fingerprint density at radius 3 is 2.43 bits per heavy atom. The highest BCUT2D eigenvalue weighted by molar-refractivity contribution is 6.00. The number of nitrogens with one attached hydrogen (secondary N) is 1. The molecular formula is C30H37NO6. The molecule has 2 fully saturated rings. The molecule has 1 aromatic rings. The van der Waals surface area contributed by atoms with Crippen molar-refractivity contribution >= 4 is 23.4 Å². The first-order chi connectivity index (χ1) is 17.3. The van der Waals surface area contributed by atoms with E-state index < -0.39 is 46.5 Å². The summed E-state index contributed by atoms with van der Waals surface area (Å²) in [7, 11) is 1.73. The number of hydrogen-bond donors (Lipinski definition) is 2. The molecule has 0 amide bonds. The molecule has 7 nitrogen and oxygen atoms in total. The van der Waals surface area contributed by atoms with Gasteiger partial charge in [0.25, 0.3) is 0 Å². The van der Waals surface area contributed by atoms with Crippen molar-refractivity contribution in [3.63, 3.8) is 0 Å². The van der Waals surface area contributed by atoms with Gasteiger partial charge in [0.1, 0.15) is 6.10 Å². The zero-order valence-electron chi connectivity index (χ0n) is 22.6. The molecule has 0 heterocycles. The van der Waals surface area contributed by atoms with E-state index >= 15 is 0 Å². The molecule has 7 heteroatoms. The standard InChI is InChI=1S/C30H37NO6/c1-15-12-20-21(14-16(2)24(20)33)29(35)17(3)26(36-27(34)19-10-8-9-11-23(19)31-7)30(37-18(4)32)25(22(29)13-15)28(30,5)6/h8-11,13-14,17,20-22,25-26,31,35H,12H2,1-7H3/t17-,20+,21-,22+,25-,26-,29+,30-/m1/s1. The van der Waals surface area contributed by atoms with Crippen LogP contribution in [-0.4, -0.2) is 47.2 Å². The molecule has 8 atom stereocenters. The quantitative estimate of drug-likeness (QED) is 0.462. The van der Waals surface area contributed by atoms with Crippen LogP contribution in [0.4, 0.5) is 5.69 Å². The third-order valence-corrected chi connectivity index (χ3v) is 9.75. The number of fused-ring (bicyclic) bond motifs is 5. The van der Waals surface area contributed by atoms with Gasteiger partial charge in [0.15, 0.2) is 11.4 Å². The van der Waals surface area contributed by atoms with Gasteiger partial charge in [-0.1, -0.05) is 50.6 Å². The summed E-state index contributed by atoms with van der Waals surface area (Å²) < 4.78 is 12.4. The van der Waals surface area contributed by atoms with Crippen molar-refractivity contribution in [2.24, 2.45) is 35.0 Å². The number of ketones is 1. The number of anilines is 1. The van der Waals surface area contributed by atoms with E-state index in [0.717, 1.165) is 5.57 Å². The van der Waals surface area contributed by atoms with Gasteiger partial charge in [-0.2, -0.15) is 0 Å². The minimum Gasteiger partial charge on any atom is -0.454 e. The number of allylic oxidation sites excluding steroid dienone is 2. The maximum atomic E-state index is 13.6. The maximum Gasteiger partial charge on any atom is 0.340 e. The molecule has 0 unspecified atom stereocenters. The minimum atomic E-state index is -1.37. The van der Waals surface area contributed by atoms with Crippen LogP contribution in [0.15, 0.2) is 47.6 Å². The molecule has 4 aliphatic rings. The van der Waals surface area contributed by atoms with Gasteiger partial charge in [-0.15, -0.1) is 0 Å². The Hall–Kier alpha value is -2.93. The summed E-state index contributed by atoms with van der Waals surface area (Å²) in [5.74, 6) is -3.02. The van der Waals surface area contributed by atoms with Crippen molar-refractivity contribution in [1.82, 2.24) is 0 Å². The highest BCUT2D eigenvalue weighted by atomic mass is 16.6. The smallest absolute Gasteiger partial charge is 0.340 e. The molecule has 0 saturated heterocycles. The normalized spacial score (nSPS) is 39.2. The molecule has 0 aromatic heterocycles. The number of aliphatic hydroxyl groups is 1. The van der Waals surface area contributed by atoms with Gasteiger partial charge in [-0.05, 0) is 38.0 Å². The van der Waals surface area contributed by atoms with Gasteiger partial charge in [0.05, 0.1) is 11.2 Å². The van der Waals surface area contributed by atoms with Gasteiger partial charge in [-0.25, -0.2) is 4.79 Å². The molecule has 0 bridgehead atoms. The fourth-order valence-electron chi connectivity index (χ4n) is 8.05. The third-order valence-electron chi connectivity index (χ3n) is 9.75. The first kappa shape index (κ1) is 25.7. The average molecular weight is 508 g/mol. The Morgan fingerprint density at radius 2 is 1.78 bits per heavy atom. The summed E-state index contributed by atoms with van der Waals surface area (Å²) in [6.07, 6.45) is 3.65. The van der Waals surface area contributed by atoms with Crippen molar-refractivity contribution in [3.05, 3.63) is 53.1 Å². The van der Waals surface area contributed by atoms with Crippen LogP contribution in [0, 0.1) is 35.0 Å². The van der Waals surface area contributed by atoms with E-state index in [1.807, 2.05) is 39.8 Å². The zero-order valence-corrected chi connectivity index (χ0v) is 22.6. The Labute approximate surface area is 218 Å². The molecule has 1 aromatic carbocycles. The van der Waals surface area contributed by atoms with Crippen LogP contribution in [0.1, 0.15) is 58.3 Å². The molecule has 0 aliphatic heterocycles. The van der Waals surface area contributed by atoms with E-state index in [-0.39, 0.29) is 23.5 Å². The molecule has 37 heavy (non-hydrogen) atoms. The van der Waals surface area contributed by atoms with Gasteiger partial charge in [0.2, 0.25) is 0 Å². The second kappa shape index (κ2) is 8.29. The summed E-state index contributed by atoms with van der Waals surface area (Å²) in [5, 5.41) is 15.7. The number of hydrogen-bond acceptors (Lipinski definition) is 7. The summed E-state index contributed by atoms with van der Waals surface area (Å²) in [5.41, 5.74) is -0.366. The van der Waals surface area contributed by atoms with Crippen LogP contribution >= 0.6 is 0 Å². The van der Waals surface area contributed by atoms with Gasteiger partial charge >= 0.3 is 11.9 Å². The van der Waals surface area contributed by atoms with E-state index in [0.29, 0.717) is 23.2 Å². The molecule has 0 spiro atoms. The van der Waals surface area contributed by atoms with Crippen LogP contribution < -0.4 is 5.32 Å². The van der Waals surface area contributed by atoms with Gasteiger partial charge in [-0.3, -0.25) is 9.59 Å². The SMILES string of the molecule is CNc1ccccc1C(=O)O[C@@H]1[C@@H](C)[C@]2(O)[C@@H]3C=C(C)C(=O)[C@H]3CC(C)=C[C@H]2[C@@H]2C(C)(C)[C@]12OC(C)=O. The number of rotatable bonds is 4. The highest BCUT2D eigenvalue weighted by Gasteiger charge is 2.87. The van der Waals surface area contributed by atoms with E-state index in [2.05, 4.69) is 11.4 Å². The topological polar surface area (TPSA) is 102 Å².